The zero-order chi connectivity index (χ0) is 11.7. The minimum Gasteiger partial charge on any atom is -0.0776 e. The van der Waals surface area contributed by atoms with E-state index in [1.165, 1.54) is 11.1 Å². The number of hydrogen-bond acceptors (Lipinski definition) is 0. The average molecular weight is 252 g/mol. The van der Waals surface area contributed by atoms with Gasteiger partial charge >= 0.3 is 0 Å². The minimum absolute atomic E-state index is 0. The normalized spacial score (nSPS) is 10.8. The van der Waals surface area contributed by atoms with Crippen LogP contribution in [-0.4, -0.2) is 0 Å². The molecule has 0 saturated carbocycles. The first-order chi connectivity index (χ1) is 6.68. The van der Waals surface area contributed by atoms with Crippen molar-refractivity contribution in [2.75, 3.05) is 0 Å². The molecule has 0 atom stereocenters. The van der Waals surface area contributed by atoms with Crippen molar-refractivity contribution in [2.45, 2.75) is 75.7 Å². The molecule has 108 valence electrons. The second kappa shape index (κ2) is 7.61. The van der Waals surface area contributed by atoms with Gasteiger partial charge in [-0.15, -0.1) is 0 Å². The van der Waals surface area contributed by atoms with E-state index < -0.39 is 0 Å². The molecule has 0 unspecified atom stereocenters. The molecule has 0 nitrogen and oxygen atoms in total. The Morgan fingerprint density at radius 2 is 1.33 bits per heavy atom. The van der Waals surface area contributed by atoms with Crippen LogP contribution >= 0.6 is 0 Å². The molecule has 0 radical (unpaired) electrons. The van der Waals surface area contributed by atoms with E-state index in [0.29, 0.717) is 5.41 Å². The molecule has 1 aromatic rings. The first-order valence-corrected chi connectivity index (χ1v) is 5.78. The van der Waals surface area contributed by atoms with Crippen LogP contribution in [0, 0.1) is 5.41 Å². The summed E-state index contributed by atoms with van der Waals surface area (Å²) in [6.07, 6.45) is 1.15. The van der Waals surface area contributed by atoms with Crippen LogP contribution < -0.4 is 0 Å². The van der Waals surface area contributed by atoms with Crippen molar-refractivity contribution >= 4 is 0 Å². The van der Waals surface area contributed by atoms with E-state index in [1.807, 2.05) is 0 Å². The Balaban J connectivity index is -0.000000750. The van der Waals surface area contributed by atoms with Crippen LogP contribution in [0.1, 0.15) is 74.9 Å². The van der Waals surface area contributed by atoms with Crippen molar-refractivity contribution in [3.8, 4) is 0 Å². The van der Waals surface area contributed by atoms with Gasteiger partial charge < -0.3 is 0 Å². The first kappa shape index (κ1) is 22.4. The predicted molar refractivity (Wildman–Crippen MR) is 88.5 cm³/mol. The lowest BCUT2D eigenvalue weighted by atomic mass is 9.83. The third kappa shape index (κ3) is 7.53. The van der Waals surface area contributed by atoms with Gasteiger partial charge in [0.1, 0.15) is 0 Å². The summed E-state index contributed by atoms with van der Waals surface area (Å²) >= 11 is 0. The van der Waals surface area contributed by atoms with Gasteiger partial charge in [-0.1, -0.05) is 88.1 Å². The fraction of sp³-hybridized carbons (Fsp3) is 0.667. The van der Waals surface area contributed by atoms with Crippen LogP contribution in [0.25, 0.3) is 0 Å². The second-order valence-corrected chi connectivity index (χ2v) is 6.69. The molecule has 0 aliphatic heterocycles. The molecule has 0 saturated heterocycles. The molecule has 0 amide bonds. The number of hydrogen-bond donors (Lipinski definition) is 0. The van der Waals surface area contributed by atoms with Crippen LogP contribution in [-0.2, 0) is 11.8 Å². The van der Waals surface area contributed by atoms with Gasteiger partial charge in [0.05, 0.1) is 0 Å². The maximum atomic E-state index is 2.35. The Kier molecular flexibility index (Phi) is 9.47. The van der Waals surface area contributed by atoms with Gasteiger partial charge in [0.15, 0.2) is 0 Å². The van der Waals surface area contributed by atoms with E-state index in [9.17, 15) is 0 Å². The molecule has 1 aromatic carbocycles. The molecular weight excluding hydrogens is 216 g/mol. The van der Waals surface area contributed by atoms with Crippen molar-refractivity contribution in [3.05, 3.63) is 35.4 Å². The number of rotatable bonds is 1. The lowest BCUT2D eigenvalue weighted by Crippen LogP contribution is -2.13. The van der Waals surface area contributed by atoms with E-state index in [1.54, 1.807) is 0 Å². The Labute approximate surface area is 117 Å². The molecule has 0 fully saturated rings. The highest BCUT2D eigenvalue weighted by Gasteiger charge is 2.16. The maximum Gasteiger partial charge on any atom is -0.0132 e. The van der Waals surface area contributed by atoms with E-state index in [0.717, 1.165) is 6.42 Å². The molecule has 18 heavy (non-hydrogen) atoms. The highest BCUT2D eigenvalue weighted by Crippen LogP contribution is 2.26. The lowest BCUT2D eigenvalue weighted by Gasteiger charge is -2.22. The summed E-state index contributed by atoms with van der Waals surface area (Å²) < 4.78 is 0. The molecule has 0 heterocycles. The Bertz CT molecular complexity index is 321. The Hall–Kier alpha value is -0.780. The van der Waals surface area contributed by atoms with Crippen LogP contribution in [0.4, 0.5) is 0 Å². The van der Waals surface area contributed by atoms with Crippen molar-refractivity contribution in [3.63, 3.8) is 0 Å². The summed E-state index contributed by atoms with van der Waals surface area (Å²) in [5, 5.41) is 0. The molecule has 0 aliphatic carbocycles. The van der Waals surface area contributed by atoms with E-state index in [-0.39, 0.29) is 27.7 Å². The lowest BCUT2D eigenvalue weighted by molar-refractivity contribution is 0.410. The molecule has 0 bridgehead atoms. The minimum atomic E-state index is 0. The van der Waals surface area contributed by atoms with Gasteiger partial charge in [-0.3, -0.25) is 0 Å². The molecule has 0 N–H and O–H groups in total. The van der Waals surface area contributed by atoms with E-state index in [4.69, 9.17) is 0 Å². The van der Waals surface area contributed by atoms with Crippen LogP contribution in [0.5, 0.6) is 0 Å². The Morgan fingerprint density at radius 3 is 1.72 bits per heavy atom. The first-order valence-electron chi connectivity index (χ1n) is 5.78. The summed E-state index contributed by atoms with van der Waals surface area (Å²) in [6, 6.07) is 9.00. The largest absolute Gasteiger partial charge is 0.0776 e. The summed E-state index contributed by atoms with van der Waals surface area (Å²) in [5.41, 5.74) is 3.52. The van der Waals surface area contributed by atoms with E-state index in [2.05, 4.69) is 65.8 Å². The van der Waals surface area contributed by atoms with Gasteiger partial charge in [-0.25, -0.2) is 0 Å². The fourth-order valence-corrected chi connectivity index (χ4v) is 1.76. The third-order valence-electron chi connectivity index (χ3n) is 2.53. The topological polar surface area (TPSA) is 0 Å². The molecule has 1 rings (SSSR count). The highest BCUT2D eigenvalue weighted by atomic mass is 14.2. The second-order valence-electron chi connectivity index (χ2n) is 6.69. The SMILES string of the molecule is C.C.C.CC(C)(C)Cc1cccc(C(C)(C)C)c1. The number of benzene rings is 1. The monoisotopic (exact) mass is 252 g/mol. The van der Waals surface area contributed by atoms with Crippen molar-refractivity contribution < 1.29 is 0 Å². The molecule has 0 aromatic heterocycles. The van der Waals surface area contributed by atoms with Gasteiger partial charge in [-0.05, 0) is 28.4 Å². The van der Waals surface area contributed by atoms with Gasteiger partial charge in [0.25, 0.3) is 0 Å². The van der Waals surface area contributed by atoms with Crippen LogP contribution in [0.2, 0.25) is 0 Å². The van der Waals surface area contributed by atoms with Gasteiger partial charge in [0.2, 0.25) is 0 Å². The smallest absolute Gasteiger partial charge is 0.0132 e. The third-order valence-corrected chi connectivity index (χ3v) is 2.53. The average Bonchev–Trinajstić information content (AvgIpc) is 1.99. The maximum absolute atomic E-state index is 2.35. The summed E-state index contributed by atoms with van der Waals surface area (Å²) in [6.45, 7) is 13.7. The standard InChI is InChI=1S/C15H24.3CH4/c1-14(2,3)11-12-8-7-9-13(10-12)15(4,5)6;;;/h7-10H,11H2,1-6H3;3*1H4. The van der Waals surface area contributed by atoms with Gasteiger partial charge in [-0.2, -0.15) is 0 Å². The van der Waals surface area contributed by atoms with Crippen LogP contribution in [0.3, 0.4) is 0 Å². The van der Waals surface area contributed by atoms with E-state index >= 15 is 0 Å². The quantitative estimate of drug-likeness (QED) is 0.536. The van der Waals surface area contributed by atoms with Crippen molar-refractivity contribution in [2.24, 2.45) is 5.41 Å². The van der Waals surface area contributed by atoms with Crippen molar-refractivity contribution in [1.82, 2.24) is 0 Å². The van der Waals surface area contributed by atoms with Crippen LogP contribution in [0.15, 0.2) is 24.3 Å². The molecular formula is C18H36. The molecule has 0 heteroatoms. The summed E-state index contributed by atoms with van der Waals surface area (Å²) in [4.78, 5) is 0. The highest BCUT2D eigenvalue weighted by molar-refractivity contribution is 5.29. The fourth-order valence-electron chi connectivity index (χ4n) is 1.76. The zero-order valence-electron chi connectivity index (χ0n) is 11.0. The predicted octanol–water partition coefficient (Wildman–Crippen LogP) is 6.48. The van der Waals surface area contributed by atoms with Gasteiger partial charge in [0, 0.05) is 0 Å². The Morgan fingerprint density at radius 1 is 0.833 bits per heavy atom. The molecule has 0 aliphatic rings. The summed E-state index contributed by atoms with van der Waals surface area (Å²) in [5.74, 6) is 0. The zero-order valence-corrected chi connectivity index (χ0v) is 11.0. The molecule has 0 spiro atoms. The summed E-state index contributed by atoms with van der Waals surface area (Å²) in [7, 11) is 0. The van der Waals surface area contributed by atoms with Crippen molar-refractivity contribution in [1.29, 1.82) is 0 Å².